The first kappa shape index (κ1) is 15.5. The number of hydrazine groups is 1. The monoisotopic (exact) mass is 268 g/mol. The molecule has 2 nitrogen and oxygen atoms in total. The summed E-state index contributed by atoms with van der Waals surface area (Å²) in [6.45, 7) is 9.09. The SMILES string of the molecule is CC(CC(NN)c1cccc(Cl)c1)CC(C)(C)C. The van der Waals surface area contributed by atoms with Crippen molar-refractivity contribution in [3.8, 4) is 0 Å². The Kier molecular flexibility index (Phi) is 5.64. The summed E-state index contributed by atoms with van der Waals surface area (Å²) in [6, 6.07) is 8.07. The van der Waals surface area contributed by atoms with Crippen molar-refractivity contribution in [1.29, 1.82) is 0 Å². The molecule has 3 heteroatoms. The Morgan fingerprint density at radius 3 is 2.50 bits per heavy atom. The standard InChI is InChI=1S/C15H25ClN2/c1-11(10-15(2,3)4)8-14(18-17)12-6-5-7-13(16)9-12/h5-7,9,11,14,18H,8,10,17H2,1-4H3. The third-order valence-electron chi connectivity index (χ3n) is 3.05. The highest BCUT2D eigenvalue weighted by Crippen LogP contribution is 2.30. The largest absolute Gasteiger partial charge is 0.271 e. The van der Waals surface area contributed by atoms with E-state index in [1.807, 2.05) is 18.2 Å². The van der Waals surface area contributed by atoms with E-state index >= 15 is 0 Å². The highest BCUT2D eigenvalue weighted by Gasteiger charge is 2.19. The van der Waals surface area contributed by atoms with E-state index < -0.39 is 0 Å². The minimum absolute atomic E-state index is 0.168. The van der Waals surface area contributed by atoms with Crippen molar-refractivity contribution in [2.24, 2.45) is 17.2 Å². The Morgan fingerprint density at radius 2 is 2.00 bits per heavy atom. The maximum atomic E-state index is 6.02. The van der Waals surface area contributed by atoms with Crippen LogP contribution in [0.1, 0.15) is 52.1 Å². The highest BCUT2D eigenvalue weighted by molar-refractivity contribution is 6.30. The summed E-state index contributed by atoms with van der Waals surface area (Å²) < 4.78 is 0. The van der Waals surface area contributed by atoms with Crippen molar-refractivity contribution in [1.82, 2.24) is 5.43 Å². The van der Waals surface area contributed by atoms with Crippen LogP contribution in [0.4, 0.5) is 0 Å². The van der Waals surface area contributed by atoms with Gasteiger partial charge in [-0.2, -0.15) is 0 Å². The number of nitrogens with two attached hydrogens (primary N) is 1. The number of nitrogens with one attached hydrogen (secondary N) is 1. The van der Waals surface area contributed by atoms with Gasteiger partial charge in [0, 0.05) is 11.1 Å². The molecule has 0 radical (unpaired) electrons. The van der Waals surface area contributed by atoms with Gasteiger partial charge in [-0.15, -0.1) is 0 Å². The lowest BCUT2D eigenvalue weighted by Crippen LogP contribution is -2.30. The number of hydrogen-bond acceptors (Lipinski definition) is 2. The lowest BCUT2D eigenvalue weighted by atomic mass is 9.82. The second kappa shape index (κ2) is 6.55. The average Bonchev–Trinajstić information content (AvgIpc) is 2.23. The van der Waals surface area contributed by atoms with Gasteiger partial charge in [0.25, 0.3) is 0 Å². The molecule has 2 atom stereocenters. The molecule has 0 aromatic heterocycles. The lowest BCUT2D eigenvalue weighted by Gasteiger charge is -2.26. The van der Waals surface area contributed by atoms with Crippen LogP contribution in [-0.4, -0.2) is 0 Å². The molecule has 0 aliphatic heterocycles. The quantitative estimate of drug-likeness (QED) is 0.617. The average molecular weight is 269 g/mol. The van der Waals surface area contributed by atoms with E-state index in [1.54, 1.807) is 0 Å². The smallest absolute Gasteiger partial charge is 0.0463 e. The first-order chi connectivity index (χ1) is 8.31. The summed E-state index contributed by atoms with van der Waals surface area (Å²) in [5.41, 5.74) is 4.42. The molecule has 0 amide bonds. The van der Waals surface area contributed by atoms with Gasteiger partial charge in [-0.3, -0.25) is 11.3 Å². The summed E-state index contributed by atoms with van der Waals surface area (Å²) in [6.07, 6.45) is 2.21. The molecule has 18 heavy (non-hydrogen) atoms. The third-order valence-corrected chi connectivity index (χ3v) is 3.29. The molecule has 0 saturated heterocycles. The van der Waals surface area contributed by atoms with E-state index in [2.05, 4.69) is 39.2 Å². The molecule has 0 bridgehead atoms. The predicted octanol–water partition coefficient (Wildman–Crippen LogP) is 4.31. The minimum atomic E-state index is 0.168. The van der Waals surface area contributed by atoms with Gasteiger partial charge in [0.2, 0.25) is 0 Å². The van der Waals surface area contributed by atoms with E-state index in [9.17, 15) is 0 Å². The Labute approximate surface area is 116 Å². The van der Waals surface area contributed by atoms with Crippen LogP contribution in [0.3, 0.4) is 0 Å². The fraction of sp³-hybridized carbons (Fsp3) is 0.600. The molecule has 0 spiro atoms. The predicted molar refractivity (Wildman–Crippen MR) is 79.4 cm³/mol. The Bertz CT molecular complexity index is 371. The topological polar surface area (TPSA) is 38.0 Å². The van der Waals surface area contributed by atoms with Gasteiger partial charge in [-0.1, -0.05) is 51.4 Å². The zero-order valence-electron chi connectivity index (χ0n) is 11.8. The molecule has 0 heterocycles. The molecule has 2 unspecified atom stereocenters. The molecule has 1 aromatic carbocycles. The minimum Gasteiger partial charge on any atom is -0.271 e. The lowest BCUT2D eigenvalue weighted by molar-refractivity contribution is 0.276. The van der Waals surface area contributed by atoms with Gasteiger partial charge in [0.15, 0.2) is 0 Å². The van der Waals surface area contributed by atoms with Crippen LogP contribution < -0.4 is 11.3 Å². The molecule has 0 fully saturated rings. The second-order valence-electron chi connectivity index (χ2n) is 6.38. The van der Waals surface area contributed by atoms with E-state index in [0.717, 1.165) is 17.0 Å². The molecule has 1 aromatic rings. The van der Waals surface area contributed by atoms with Crippen LogP contribution in [0.5, 0.6) is 0 Å². The van der Waals surface area contributed by atoms with Gasteiger partial charge in [-0.05, 0) is 41.9 Å². The van der Waals surface area contributed by atoms with E-state index in [4.69, 9.17) is 17.4 Å². The van der Waals surface area contributed by atoms with Gasteiger partial charge < -0.3 is 0 Å². The van der Waals surface area contributed by atoms with Gasteiger partial charge in [0.1, 0.15) is 0 Å². The van der Waals surface area contributed by atoms with E-state index in [1.165, 1.54) is 6.42 Å². The van der Waals surface area contributed by atoms with Crippen LogP contribution in [0.2, 0.25) is 5.02 Å². The maximum absolute atomic E-state index is 6.02. The molecule has 1 rings (SSSR count). The summed E-state index contributed by atoms with van der Waals surface area (Å²) in [7, 11) is 0. The number of rotatable bonds is 5. The fourth-order valence-electron chi connectivity index (χ4n) is 2.55. The van der Waals surface area contributed by atoms with Crippen molar-refractivity contribution in [3.05, 3.63) is 34.9 Å². The van der Waals surface area contributed by atoms with Crippen molar-refractivity contribution in [2.75, 3.05) is 0 Å². The van der Waals surface area contributed by atoms with Crippen LogP contribution in [0.15, 0.2) is 24.3 Å². The summed E-state index contributed by atoms with van der Waals surface area (Å²) in [5, 5.41) is 0.760. The summed E-state index contributed by atoms with van der Waals surface area (Å²) in [4.78, 5) is 0. The summed E-state index contributed by atoms with van der Waals surface area (Å²) in [5.74, 6) is 6.29. The van der Waals surface area contributed by atoms with E-state index in [-0.39, 0.29) is 6.04 Å². The molecular weight excluding hydrogens is 244 g/mol. The van der Waals surface area contributed by atoms with Gasteiger partial charge in [0.05, 0.1) is 0 Å². The van der Waals surface area contributed by atoms with Crippen LogP contribution in [0, 0.1) is 11.3 Å². The Hall–Kier alpha value is -0.570. The third kappa shape index (κ3) is 5.38. The molecular formula is C15H25ClN2. The molecule has 0 saturated carbocycles. The normalized spacial score (nSPS) is 15.4. The number of halogens is 1. The van der Waals surface area contributed by atoms with Crippen molar-refractivity contribution in [2.45, 2.75) is 46.6 Å². The zero-order chi connectivity index (χ0) is 13.8. The Morgan fingerprint density at radius 1 is 1.33 bits per heavy atom. The molecule has 0 aliphatic carbocycles. The van der Waals surface area contributed by atoms with Gasteiger partial charge >= 0.3 is 0 Å². The first-order valence-corrected chi connectivity index (χ1v) is 6.91. The van der Waals surface area contributed by atoms with Gasteiger partial charge in [-0.25, -0.2) is 0 Å². The zero-order valence-corrected chi connectivity index (χ0v) is 12.6. The van der Waals surface area contributed by atoms with Crippen molar-refractivity contribution >= 4 is 11.6 Å². The molecule has 3 N–H and O–H groups in total. The van der Waals surface area contributed by atoms with E-state index in [0.29, 0.717) is 11.3 Å². The van der Waals surface area contributed by atoms with Crippen molar-refractivity contribution < 1.29 is 0 Å². The van der Waals surface area contributed by atoms with Crippen molar-refractivity contribution in [3.63, 3.8) is 0 Å². The van der Waals surface area contributed by atoms with Crippen LogP contribution in [-0.2, 0) is 0 Å². The molecule has 102 valence electrons. The number of hydrogen-bond donors (Lipinski definition) is 2. The first-order valence-electron chi connectivity index (χ1n) is 6.53. The highest BCUT2D eigenvalue weighted by atomic mass is 35.5. The Balaban J connectivity index is 2.67. The fourth-order valence-corrected chi connectivity index (χ4v) is 2.75. The molecule has 0 aliphatic rings. The van der Waals surface area contributed by atoms with Crippen LogP contribution in [0.25, 0.3) is 0 Å². The maximum Gasteiger partial charge on any atom is 0.0463 e. The number of benzene rings is 1. The van der Waals surface area contributed by atoms with Crippen LogP contribution >= 0.6 is 11.6 Å². The summed E-state index contributed by atoms with van der Waals surface area (Å²) >= 11 is 6.02. The second-order valence-corrected chi connectivity index (χ2v) is 6.82.